The highest BCUT2D eigenvalue weighted by atomic mass is 16.6. The van der Waals surface area contributed by atoms with Crippen molar-refractivity contribution in [1.29, 1.82) is 0 Å². The molecule has 0 radical (unpaired) electrons. The van der Waals surface area contributed by atoms with Gasteiger partial charge in [0.1, 0.15) is 5.60 Å². The lowest BCUT2D eigenvalue weighted by Crippen LogP contribution is -2.34. The van der Waals surface area contributed by atoms with Crippen LogP contribution < -0.4 is 0 Å². The Hall–Kier alpha value is -1.06. The second-order valence-corrected chi connectivity index (χ2v) is 5.41. The summed E-state index contributed by atoms with van der Waals surface area (Å²) < 4.78 is 5.21. The predicted molar refractivity (Wildman–Crippen MR) is 65.7 cm³/mol. The van der Waals surface area contributed by atoms with Crippen molar-refractivity contribution in [2.75, 3.05) is 0 Å². The minimum absolute atomic E-state index is 0.430. The largest absolute Gasteiger partial charge is 0.481 e. The summed E-state index contributed by atoms with van der Waals surface area (Å²) in [5.74, 6) is -2.60. The summed E-state index contributed by atoms with van der Waals surface area (Å²) in [6, 6.07) is 0. The van der Waals surface area contributed by atoms with Gasteiger partial charge in [-0.25, -0.2) is 0 Å². The van der Waals surface area contributed by atoms with Gasteiger partial charge in [0.15, 0.2) is 0 Å². The second kappa shape index (κ2) is 6.62. The molecular formula is C13H24O4. The molecule has 4 heteroatoms. The smallest absolute Gasteiger partial charge is 0.310 e. The molecule has 0 aliphatic heterocycles. The van der Waals surface area contributed by atoms with Gasteiger partial charge in [0, 0.05) is 0 Å². The molecule has 0 fully saturated rings. The van der Waals surface area contributed by atoms with Crippen LogP contribution in [0.1, 0.15) is 53.9 Å². The number of hydrogen-bond acceptors (Lipinski definition) is 3. The van der Waals surface area contributed by atoms with Crippen molar-refractivity contribution in [1.82, 2.24) is 0 Å². The van der Waals surface area contributed by atoms with E-state index in [1.807, 2.05) is 6.92 Å². The van der Waals surface area contributed by atoms with E-state index in [9.17, 15) is 9.59 Å². The third-order valence-corrected chi connectivity index (χ3v) is 2.57. The Morgan fingerprint density at radius 3 is 2.18 bits per heavy atom. The van der Waals surface area contributed by atoms with Gasteiger partial charge in [-0.15, -0.1) is 0 Å². The molecule has 0 heterocycles. The van der Waals surface area contributed by atoms with Crippen molar-refractivity contribution >= 4 is 11.9 Å². The van der Waals surface area contributed by atoms with Crippen LogP contribution in [-0.4, -0.2) is 22.6 Å². The molecule has 0 spiro atoms. The van der Waals surface area contributed by atoms with E-state index in [-0.39, 0.29) is 0 Å². The summed E-state index contributed by atoms with van der Waals surface area (Å²) in [4.78, 5) is 22.9. The molecule has 100 valence electrons. The molecule has 0 saturated carbocycles. The number of rotatable bonds is 6. The number of carboxylic acid groups (broad SMARTS) is 1. The summed E-state index contributed by atoms with van der Waals surface area (Å²) >= 11 is 0. The van der Waals surface area contributed by atoms with Crippen molar-refractivity contribution in [2.24, 2.45) is 11.8 Å². The summed E-state index contributed by atoms with van der Waals surface area (Å²) in [5.41, 5.74) is -0.570. The van der Waals surface area contributed by atoms with E-state index >= 15 is 0 Å². The summed E-state index contributed by atoms with van der Waals surface area (Å²) in [5, 5.41) is 9.11. The predicted octanol–water partition coefficient (Wildman–Crippen LogP) is 2.86. The summed E-state index contributed by atoms with van der Waals surface area (Å²) in [6.45, 7) is 8.96. The molecule has 0 aliphatic carbocycles. The highest BCUT2D eigenvalue weighted by molar-refractivity contribution is 5.80. The maximum absolute atomic E-state index is 11.8. The van der Waals surface area contributed by atoms with Gasteiger partial charge in [0.2, 0.25) is 0 Å². The molecule has 1 N–H and O–H groups in total. The molecule has 0 aromatic heterocycles. The number of hydrogen-bond donors (Lipinski definition) is 1. The van der Waals surface area contributed by atoms with Crippen LogP contribution >= 0.6 is 0 Å². The molecule has 4 nitrogen and oxygen atoms in total. The van der Waals surface area contributed by atoms with Gasteiger partial charge in [0.05, 0.1) is 11.8 Å². The number of carbonyl (C=O) groups excluding carboxylic acids is 1. The molecule has 0 aromatic rings. The average Bonchev–Trinajstić information content (AvgIpc) is 2.14. The SMILES string of the molecule is CCCCC(C(=O)O)C(C)C(=O)OC(C)(C)C. The van der Waals surface area contributed by atoms with E-state index in [0.29, 0.717) is 6.42 Å². The van der Waals surface area contributed by atoms with E-state index < -0.39 is 29.4 Å². The fourth-order valence-electron chi connectivity index (χ4n) is 1.57. The topological polar surface area (TPSA) is 63.6 Å². The lowest BCUT2D eigenvalue weighted by atomic mass is 9.89. The maximum atomic E-state index is 11.8. The zero-order valence-electron chi connectivity index (χ0n) is 11.4. The zero-order valence-corrected chi connectivity index (χ0v) is 11.4. The van der Waals surface area contributed by atoms with E-state index in [2.05, 4.69) is 0 Å². The van der Waals surface area contributed by atoms with Crippen LogP contribution in [0.3, 0.4) is 0 Å². The van der Waals surface area contributed by atoms with Crippen LogP contribution in [-0.2, 0) is 14.3 Å². The number of ether oxygens (including phenoxy) is 1. The van der Waals surface area contributed by atoms with Gasteiger partial charge in [0.25, 0.3) is 0 Å². The van der Waals surface area contributed by atoms with Gasteiger partial charge in [-0.2, -0.15) is 0 Å². The Bertz CT molecular complexity index is 265. The van der Waals surface area contributed by atoms with Crippen LogP contribution in [0.25, 0.3) is 0 Å². The van der Waals surface area contributed by atoms with E-state index in [1.165, 1.54) is 0 Å². The zero-order chi connectivity index (χ0) is 13.6. The highest BCUT2D eigenvalue weighted by Gasteiger charge is 2.32. The van der Waals surface area contributed by atoms with Crippen molar-refractivity contribution in [3.05, 3.63) is 0 Å². The van der Waals surface area contributed by atoms with Crippen LogP contribution in [0.5, 0.6) is 0 Å². The van der Waals surface area contributed by atoms with Crippen molar-refractivity contribution in [2.45, 2.75) is 59.5 Å². The molecule has 0 bridgehead atoms. The molecule has 2 atom stereocenters. The molecule has 0 saturated heterocycles. The number of aliphatic carboxylic acids is 1. The molecule has 2 unspecified atom stereocenters. The van der Waals surface area contributed by atoms with Crippen LogP contribution in [0.2, 0.25) is 0 Å². The number of carboxylic acids is 1. The Kier molecular flexibility index (Phi) is 6.21. The number of unbranched alkanes of at least 4 members (excludes halogenated alkanes) is 1. The van der Waals surface area contributed by atoms with Gasteiger partial charge >= 0.3 is 11.9 Å². The molecule has 0 amide bonds. The van der Waals surface area contributed by atoms with E-state index in [1.54, 1.807) is 27.7 Å². The first kappa shape index (κ1) is 15.9. The Morgan fingerprint density at radius 1 is 1.29 bits per heavy atom. The Balaban J connectivity index is 4.55. The van der Waals surface area contributed by atoms with Gasteiger partial charge < -0.3 is 9.84 Å². The quantitative estimate of drug-likeness (QED) is 0.730. The average molecular weight is 244 g/mol. The second-order valence-electron chi connectivity index (χ2n) is 5.41. The lowest BCUT2D eigenvalue weighted by Gasteiger charge is -2.25. The van der Waals surface area contributed by atoms with Crippen molar-refractivity contribution < 1.29 is 19.4 Å². The Morgan fingerprint density at radius 2 is 1.82 bits per heavy atom. The first-order valence-electron chi connectivity index (χ1n) is 6.14. The van der Waals surface area contributed by atoms with Crippen LogP contribution in [0, 0.1) is 11.8 Å². The van der Waals surface area contributed by atoms with Crippen LogP contribution in [0.15, 0.2) is 0 Å². The van der Waals surface area contributed by atoms with Crippen molar-refractivity contribution in [3.63, 3.8) is 0 Å². The first-order chi connectivity index (χ1) is 7.69. The van der Waals surface area contributed by atoms with Crippen molar-refractivity contribution in [3.8, 4) is 0 Å². The van der Waals surface area contributed by atoms with Crippen LogP contribution in [0.4, 0.5) is 0 Å². The normalized spacial score (nSPS) is 15.1. The third-order valence-electron chi connectivity index (χ3n) is 2.57. The highest BCUT2D eigenvalue weighted by Crippen LogP contribution is 2.22. The van der Waals surface area contributed by atoms with E-state index in [4.69, 9.17) is 9.84 Å². The minimum Gasteiger partial charge on any atom is -0.481 e. The standard InChI is InChI=1S/C13H24O4/c1-6-7-8-10(11(14)15)9(2)12(16)17-13(3,4)5/h9-10H,6-8H2,1-5H3,(H,14,15). The van der Waals surface area contributed by atoms with Gasteiger partial charge in [-0.1, -0.05) is 26.7 Å². The first-order valence-corrected chi connectivity index (χ1v) is 6.14. The van der Waals surface area contributed by atoms with E-state index in [0.717, 1.165) is 12.8 Å². The fourth-order valence-corrected chi connectivity index (χ4v) is 1.57. The lowest BCUT2D eigenvalue weighted by molar-refractivity contribution is -0.166. The van der Waals surface area contributed by atoms with Gasteiger partial charge in [-0.3, -0.25) is 9.59 Å². The molecule has 0 rings (SSSR count). The Labute approximate surface area is 103 Å². The maximum Gasteiger partial charge on any atom is 0.310 e. The minimum atomic E-state index is -0.920. The monoisotopic (exact) mass is 244 g/mol. The summed E-state index contributed by atoms with van der Waals surface area (Å²) in [6.07, 6.45) is 2.25. The summed E-state index contributed by atoms with van der Waals surface area (Å²) in [7, 11) is 0. The number of esters is 1. The molecule has 0 aliphatic rings. The molecule has 17 heavy (non-hydrogen) atoms. The molecule has 0 aromatic carbocycles. The number of carbonyl (C=O) groups is 2. The third kappa shape index (κ3) is 6.29. The molecular weight excluding hydrogens is 220 g/mol. The van der Waals surface area contributed by atoms with Gasteiger partial charge in [-0.05, 0) is 27.2 Å². The fraction of sp³-hybridized carbons (Fsp3) is 0.846.